The van der Waals surface area contributed by atoms with Crippen LogP contribution in [0.25, 0.3) is 0 Å². The molecule has 0 aliphatic carbocycles. The molecule has 0 unspecified atom stereocenters. The summed E-state index contributed by atoms with van der Waals surface area (Å²) in [6.07, 6.45) is 1.84. The van der Waals surface area contributed by atoms with Crippen molar-refractivity contribution in [3.8, 4) is 0 Å². The lowest BCUT2D eigenvalue weighted by molar-refractivity contribution is -0.141. The number of urea groups is 1. The van der Waals surface area contributed by atoms with Crippen LogP contribution in [0.4, 0.5) is 4.79 Å². The minimum Gasteiger partial charge on any atom is -0.481 e. The van der Waals surface area contributed by atoms with Crippen LogP contribution in [0.1, 0.15) is 20.3 Å². The molecule has 7 nitrogen and oxygen atoms in total. The highest BCUT2D eigenvalue weighted by molar-refractivity contribution is 5.74. The SMILES string of the molecule is CC(C)NC(=O)N[C@@H]1C=C[C@H](CC(=O)O)O[C@H]1CO. The first-order valence-corrected chi connectivity index (χ1v) is 6.15. The molecule has 0 saturated heterocycles. The zero-order chi connectivity index (χ0) is 14.4. The summed E-state index contributed by atoms with van der Waals surface area (Å²) in [6, 6.07) is -0.835. The predicted molar refractivity (Wildman–Crippen MR) is 67.7 cm³/mol. The third-order valence-corrected chi connectivity index (χ3v) is 2.56. The average Bonchev–Trinajstić information content (AvgIpc) is 2.29. The zero-order valence-corrected chi connectivity index (χ0v) is 11.0. The van der Waals surface area contributed by atoms with Gasteiger partial charge in [-0.3, -0.25) is 4.79 Å². The molecule has 1 aliphatic heterocycles. The van der Waals surface area contributed by atoms with Crippen LogP contribution in [0, 0.1) is 0 Å². The van der Waals surface area contributed by atoms with E-state index >= 15 is 0 Å². The number of aliphatic carboxylic acids is 1. The van der Waals surface area contributed by atoms with Crippen molar-refractivity contribution in [2.75, 3.05) is 6.61 Å². The summed E-state index contributed by atoms with van der Waals surface area (Å²) < 4.78 is 5.40. The molecule has 4 N–H and O–H groups in total. The molecule has 0 aromatic carbocycles. The molecular formula is C12H20N2O5. The Balaban J connectivity index is 2.58. The Kier molecular flexibility index (Phi) is 5.78. The fourth-order valence-corrected chi connectivity index (χ4v) is 1.76. The van der Waals surface area contributed by atoms with Gasteiger partial charge in [-0.15, -0.1) is 0 Å². The first kappa shape index (κ1) is 15.5. The third-order valence-electron chi connectivity index (χ3n) is 2.56. The summed E-state index contributed by atoms with van der Waals surface area (Å²) in [5.74, 6) is -0.977. The number of rotatable bonds is 5. The van der Waals surface area contributed by atoms with Gasteiger partial charge in [-0.25, -0.2) is 4.79 Å². The standard InChI is InChI=1S/C12H20N2O5/c1-7(2)13-12(18)14-9-4-3-8(5-11(16)17)19-10(9)6-15/h3-4,7-10,15H,5-6H2,1-2H3,(H,16,17)(H2,13,14,18)/t8-,9-,10+/m1/s1. The molecule has 19 heavy (non-hydrogen) atoms. The molecule has 108 valence electrons. The molecule has 0 fully saturated rings. The highest BCUT2D eigenvalue weighted by Gasteiger charge is 2.28. The maximum Gasteiger partial charge on any atom is 0.315 e. The number of hydrogen-bond acceptors (Lipinski definition) is 4. The Bertz CT molecular complexity index is 356. The Labute approximate surface area is 111 Å². The Morgan fingerprint density at radius 1 is 1.37 bits per heavy atom. The van der Waals surface area contributed by atoms with Crippen LogP contribution < -0.4 is 10.6 Å². The number of carbonyl (C=O) groups is 2. The van der Waals surface area contributed by atoms with Crippen molar-refractivity contribution in [1.29, 1.82) is 0 Å². The number of nitrogens with one attached hydrogen (secondary N) is 2. The molecule has 1 aliphatic rings. The van der Waals surface area contributed by atoms with Crippen LogP contribution in [-0.2, 0) is 9.53 Å². The number of aliphatic hydroxyl groups excluding tert-OH is 1. The molecule has 3 atom stereocenters. The smallest absolute Gasteiger partial charge is 0.315 e. The Hall–Kier alpha value is -1.60. The highest BCUT2D eigenvalue weighted by atomic mass is 16.5. The van der Waals surface area contributed by atoms with Gasteiger partial charge in [0, 0.05) is 6.04 Å². The number of aliphatic hydroxyl groups is 1. The lowest BCUT2D eigenvalue weighted by Crippen LogP contribution is -2.52. The van der Waals surface area contributed by atoms with E-state index < -0.39 is 24.2 Å². The van der Waals surface area contributed by atoms with E-state index in [1.165, 1.54) is 0 Å². The van der Waals surface area contributed by atoms with Crippen molar-refractivity contribution in [1.82, 2.24) is 10.6 Å². The van der Waals surface area contributed by atoms with E-state index in [1.54, 1.807) is 12.2 Å². The molecule has 0 saturated carbocycles. The maximum absolute atomic E-state index is 11.6. The topological polar surface area (TPSA) is 108 Å². The Morgan fingerprint density at radius 3 is 2.58 bits per heavy atom. The van der Waals surface area contributed by atoms with Gasteiger partial charge in [-0.05, 0) is 13.8 Å². The van der Waals surface area contributed by atoms with Crippen molar-refractivity contribution in [3.63, 3.8) is 0 Å². The van der Waals surface area contributed by atoms with Crippen molar-refractivity contribution in [2.24, 2.45) is 0 Å². The summed E-state index contributed by atoms with van der Waals surface area (Å²) in [4.78, 5) is 22.1. The largest absolute Gasteiger partial charge is 0.481 e. The van der Waals surface area contributed by atoms with E-state index in [-0.39, 0.29) is 25.1 Å². The number of carboxylic acids is 1. The van der Waals surface area contributed by atoms with E-state index in [0.717, 1.165) is 0 Å². The van der Waals surface area contributed by atoms with Gasteiger partial charge in [0.2, 0.25) is 0 Å². The summed E-state index contributed by atoms with van der Waals surface area (Å²) >= 11 is 0. The second kappa shape index (κ2) is 7.10. The quantitative estimate of drug-likeness (QED) is 0.521. The number of carbonyl (C=O) groups excluding carboxylic acids is 1. The van der Waals surface area contributed by atoms with Gasteiger partial charge in [0.05, 0.1) is 25.2 Å². The average molecular weight is 272 g/mol. The summed E-state index contributed by atoms with van der Waals surface area (Å²) in [5.41, 5.74) is 0. The molecule has 2 amide bonds. The molecule has 0 bridgehead atoms. The first-order chi connectivity index (χ1) is 8.92. The lowest BCUT2D eigenvalue weighted by Gasteiger charge is -2.31. The molecule has 1 rings (SSSR count). The molecule has 0 radical (unpaired) electrons. The van der Waals surface area contributed by atoms with Crippen LogP contribution in [0.2, 0.25) is 0 Å². The van der Waals surface area contributed by atoms with Crippen LogP contribution in [0.5, 0.6) is 0 Å². The van der Waals surface area contributed by atoms with Gasteiger partial charge < -0.3 is 25.6 Å². The second-order valence-corrected chi connectivity index (χ2v) is 4.68. The molecule has 7 heteroatoms. The number of ether oxygens (including phenoxy) is 1. The first-order valence-electron chi connectivity index (χ1n) is 6.15. The fourth-order valence-electron chi connectivity index (χ4n) is 1.76. The van der Waals surface area contributed by atoms with Gasteiger partial charge in [0.15, 0.2) is 0 Å². The number of carboxylic acid groups (broad SMARTS) is 1. The van der Waals surface area contributed by atoms with Gasteiger partial charge in [-0.2, -0.15) is 0 Å². The number of hydrogen-bond donors (Lipinski definition) is 4. The molecule has 0 aromatic heterocycles. The normalized spacial score (nSPS) is 26.2. The molecular weight excluding hydrogens is 252 g/mol. The van der Waals surface area contributed by atoms with Gasteiger partial charge >= 0.3 is 12.0 Å². The predicted octanol–water partition coefficient (Wildman–Crippen LogP) is -0.147. The molecule has 1 heterocycles. The molecule has 0 aromatic rings. The minimum atomic E-state index is -0.977. The monoisotopic (exact) mass is 272 g/mol. The van der Waals surface area contributed by atoms with Crippen LogP contribution in [0.15, 0.2) is 12.2 Å². The van der Waals surface area contributed by atoms with E-state index in [9.17, 15) is 14.7 Å². The van der Waals surface area contributed by atoms with Crippen LogP contribution >= 0.6 is 0 Å². The summed E-state index contributed by atoms with van der Waals surface area (Å²) in [7, 11) is 0. The summed E-state index contributed by atoms with van der Waals surface area (Å²) in [6.45, 7) is 3.37. The van der Waals surface area contributed by atoms with Crippen molar-refractivity contribution >= 4 is 12.0 Å². The maximum atomic E-state index is 11.6. The van der Waals surface area contributed by atoms with E-state index in [2.05, 4.69) is 10.6 Å². The van der Waals surface area contributed by atoms with Crippen molar-refractivity contribution in [3.05, 3.63) is 12.2 Å². The summed E-state index contributed by atoms with van der Waals surface area (Å²) in [5, 5.41) is 23.2. The van der Waals surface area contributed by atoms with Crippen molar-refractivity contribution in [2.45, 2.75) is 44.6 Å². The fraction of sp³-hybridized carbons (Fsp3) is 0.667. The minimum absolute atomic E-state index is 0.000763. The molecule has 0 spiro atoms. The zero-order valence-electron chi connectivity index (χ0n) is 11.0. The second-order valence-electron chi connectivity index (χ2n) is 4.68. The van der Waals surface area contributed by atoms with E-state index in [0.29, 0.717) is 0 Å². The lowest BCUT2D eigenvalue weighted by atomic mass is 10.1. The highest BCUT2D eigenvalue weighted by Crippen LogP contribution is 2.15. The van der Waals surface area contributed by atoms with Crippen LogP contribution in [0.3, 0.4) is 0 Å². The number of amides is 2. The Morgan fingerprint density at radius 2 is 2.05 bits per heavy atom. The van der Waals surface area contributed by atoms with E-state index in [1.807, 2.05) is 13.8 Å². The van der Waals surface area contributed by atoms with Gasteiger partial charge in [0.25, 0.3) is 0 Å². The van der Waals surface area contributed by atoms with Crippen molar-refractivity contribution < 1.29 is 24.5 Å². The van der Waals surface area contributed by atoms with Gasteiger partial charge in [0.1, 0.15) is 6.10 Å². The van der Waals surface area contributed by atoms with E-state index in [4.69, 9.17) is 9.84 Å². The van der Waals surface area contributed by atoms with Gasteiger partial charge in [-0.1, -0.05) is 12.2 Å². The van der Waals surface area contributed by atoms with Crippen LogP contribution in [-0.4, -0.2) is 53.1 Å². The third kappa shape index (κ3) is 5.27.